The van der Waals surface area contributed by atoms with E-state index in [1.165, 1.54) is 18.2 Å². The van der Waals surface area contributed by atoms with Gasteiger partial charge in [0.05, 0.1) is 6.04 Å². The zero-order valence-corrected chi connectivity index (χ0v) is 13.8. The average Bonchev–Trinajstić information content (AvgIpc) is 2.61. The van der Waals surface area contributed by atoms with Crippen LogP contribution < -0.4 is 10.6 Å². The molecule has 2 rings (SSSR count). The Morgan fingerprint density at radius 1 is 1.19 bits per heavy atom. The molecule has 2 aromatic carbocycles. The largest absolute Gasteiger partial charge is 0.396 e. The van der Waals surface area contributed by atoms with Crippen molar-refractivity contribution in [2.24, 2.45) is 0 Å². The average molecular weight is 360 g/mol. The van der Waals surface area contributed by atoms with Gasteiger partial charge in [0, 0.05) is 29.5 Å². The predicted molar refractivity (Wildman–Crippen MR) is 93.5 cm³/mol. The van der Waals surface area contributed by atoms with E-state index >= 15 is 0 Å². The third-order valence-corrected chi connectivity index (χ3v) is 3.64. The number of amides is 2. The number of carbonyl (C=O) groups is 2. The standard InChI is InChI=1S/C19H18F2N2O3/c1-2-18(25)22-14-5-3-4-12(10-14)19(26)23-17(8-9-24)15-7-6-13(20)11-16(15)21/h2-7,10-11,17,24H,1,8-9H2,(H,22,25)(H,23,26). The van der Waals surface area contributed by atoms with Crippen LogP contribution in [0.5, 0.6) is 0 Å². The molecule has 0 fully saturated rings. The maximum Gasteiger partial charge on any atom is 0.251 e. The van der Waals surface area contributed by atoms with E-state index in [1.807, 2.05) is 0 Å². The molecule has 0 aliphatic rings. The molecule has 0 radical (unpaired) electrons. The molecule has 0 saturated heterocycles. The van der Waals surface area contributed by atoms with Gasteiger partial charge in [-0.1, -0.05) is 18.7 Å². The fourth-order valence-electron chi connectivity index (χ4n) is 2.39. The second kappa shape index (κ2) is 8.87. The molecule has 136 valence electrons. The lowest BCUT2D eigenvalue weighted by atomic mass is 10.0. The smallest absolute Gasteiger partial charge is 0.251 e. The highest BCUT2D eigenvalue weighted by Crippen LogP contribution is 2.22. The molecular formula is C19H18F2N2O3. The highest BCUT2D eigenvalue weighted by atomic mass is 19.1. The van der Waals surface area contributed by atoms with Crippen LogP contribution in [0.15, 0.2) is 55.1 Å². The molecule has 0 saturated carbocycles. The summed E-state index contributed by atoms with van der Waals surface area (Å²) in [6.45, 7) is 3.05. The van der Waals surface area contributed by atoms with E-state index in [9.17, 15) is 23.5 Å². The number of nitrogens with one attached hydrogen (secondary N) is 2. The summed E-state index contributed by atoms with van der Waals surface area (Å²) >= 11 is 0. The lowest BCUT2D eigenvalue weighted by Crippen LogP contribution is -2.30. The van der Waals surface area contributed by atoms with E-state index in [4.69, 9.17) is 0 Å². The first-order chi connectivity index (χ1) is 12.4. The second-order valence-electron chi connectivity index (χ2n) is 5.48. The first kappa shape index (κ1) is 19.3. The van der Waals surface area contributed by atoms with Crippen LogP contribution in [0.3, 0.4) is 0 Å². The Morgan fingerprint density at radius 2 is 1.96 bits per heavy atom. The molecule has 7 heteroatoms. The van der Waals surface area contributed by atoms with Crippen molar-refractivity contribution in [1.82, 2.24) is 5.32 Å². The van der Waals surface area contributed by atoms with Crippen molar-refractivity contribution in [3.8, 4) is 0 Å². The highest BCUT2D eigenvalue weighted by molar-refractivity contribution is 6.00. The maximum absolute atomic E-state index is 14.0. The van der Waals surface area contributed by atoms with Crippen LogP contribution in [-0.4, -0.2) is 23.5 Å². The second-order valence-corrected chi connectivity index (χ2v) is 5.48. The summed E-state index contributed by atoms with van der Waals surface area (Å²) in [4.78, 5) is 23.8. The molecule has 3 N–H and O–H groups in total. The van der Waals surface area contributed by atoms with Crippen LogP contribution in [0.1, 0.15) is 28.4 Å². The van der Waals surface area contributed by atoms with Crippen LogP contribution in [0.4, 0.5) is 14.5 Å². The van der Waals surface area contributed by atoms with Crippen molar-refractivity contribution < 1.29 is 23.5 Å². The Kier molecular flexibility index (Phi) is 6.57. The summed E-state index contributed by atoms with van der Waals surface area (Å²) in [7, 11) is 0. The minimum atomic E-state index is -0.834. The normalized spacial score (nSPS) is 11.5. The van der Waals surface area contributed by atoms with Gasteiger partial charge < -0.3 is 15.7 Å². The van der Waals surface area contributed by atoms with Gasteiger partial charge in [0.15, 0.2) is 0 Å². The van der Waals surface area contributed by atoms with Crippen molar-refractivity contribution in [3.63, 3.8) is 0 Å². The molecule has 0 aromatic heterocycles. The molecule has 0 bridgehead atoms. The minimum absolute atomic E-state index is 0.0567. The van der Waals surface area contributed by atoms with Crippen molar-refractivity contribution in [2.45, 2.75) is 12.5 Å². The van der Waals surface area contributed by atoms with Crippen molar-refractivity contribution in [1.29, 1.82) is 0 Å². The first-order valence-electron chi connectivity index (χ1n) is 7.84. The topological polar surface area (TPSA) is 78.4 Å². The minimum Gasteiger partial charge on any atom is -0.396 e. The molecule has 1 atom stereocenters. The fourth-order valence-corrected chi connectivity index (χ4v) is 2.39. The number of anilines is 1. The Hall–Kier alpha value is -3.06. The van der Waals surface area contributed by atoms with Gasteiger partial charge in [-0.15, -0.1) is 0 Å². The molecule has 1 unspecified atom stereocenters. The lowest BCUT2D eigenvalue weighted by Gasteiger charge is -2.19. The maximum atomic E-state index is 14.0. The lowest BCUT2D eigenvalue weighted by molar-refractivity contribution is -0.111. The van der Waals surface area contributed by atoms with E-state index in [0.717, 1.165) is 18.2 Å². The van der Waals surface area contributed by atoms with Crippen LogP contribution >= 0.6 is 0 Å². The van der Waals surface area contributed by atoms with Gasteiger partial charge in [-0.3, -0.25) is 9.59 Å². The number of rotatable bonds is 7. The summed E-state index contributed by atoms with van der Waals surface area (Å²) in [5.74, 6) is -2.49. The van der Waals surface area contributed by atoms with Gasteiger partial charge in [-0.2, -0.15) is 0 Å². The van der Waals surface area contributed by atoms with Crippen molar-refractivity contribution >= 4 is 17.5 Å². The van der Waals surface area contributed by atoms with Crippen molar-refractivity contribution in [3.05, 3.63) is 77.9 Å². The summed E-state index contributed by atoms with van der Waals surface area (Å²) in [5, 5.41) is 14.3. The molecule has 2 amide bonds. The van der Waals surface area contributed by atoms with Crippen LogP contribution in [0, 0.1) is 11.6 Å². The number of halogens is 2. The molecule has 0 heterocycles. The van der Waals surface area contributed by atoms with Crippen LogP contribution in [-0.2, 0) is 4.79 Å². The molecule has 2 aromatic rings. The van der Waals surface area contributed by atoms with Gasteiger partial charge >= 0.3 is 0 Å². The van der Waals surface area contributed by atoms with E-state index < -0.39 is 29.5 Å². The molecule has 0 aliphatic heterocycles. The van der Waals surface area contributed by atoms with E-state index in [1.54, 1.807) is 12.1 Å². The Morgan fingerprint density at radius 3 is 2.62 bits per heavy atom. The fraction of sp³-hybridized carbons (Fsp3) is 0.158. The van der Waals surface area contributed by atoms with Crippen molar-refractivity contribution in [2.75, 3.05) is 11.9 Å². The number of benzene rings is 2. The molecule has 5 nitrogen and oxygen atoms in total. The van der Waals surface area contributed by atoms with Crippen LogP contribution in [0.2, 0.25) is 0 Å². The monoisotopic (exact) mass is 360 g/mol. The quantitative estimate of drug-likeness (QED) is 0.665. The summed E-state index contributed by atoms with van der Waals surface area (Å²) in [6, 6.07) is 8.35. The van der Waals surface area contributed by atoms with E-state index in [-0.39, 0.29) is 24.2 Å². The number of aliphatic hydroxyl groups is 1. The Balaban J connectivity index is 2.21. The third kappa shape index (κ3) is 4.97. The number of hydrogen-bond acceptors (Lipinski definition) is 3. The molecule has 26 heavy (non-hydrogen) atoms. The summed E-state index contributed by atoms with van der Waals surface area (Å²) in [5.41, 5.74) is 0.705. The number of aliphatic hydroxyl groups excluding tert-OH is 1. The van der Waals surface area contributed by atoms with E-state index in [2.05, 4.69) is 17.2 Å². The van der Waals surface area contributed by atoms with Gasteiger partial charge in [0.2, 0.25) is 5.91 Å². The zero-order valence-electron chi connectivity index (χ0n) is 13.8. The molecular weight excluding hydrogens is 342 g/mol. The Bertz CT molecular complexity index is 824. The van der Waals surface area contributed by atoms with E-state index in [0.29, 0.717) is 5.69 Å². The van der Waals surface area contributed by atoms with Gasteiger partial charge in [-0.05, 0) is 36.8 Å². The van der Waals surface area contributed by atoms with Crippen LogP contribution in [0.25, 0.3) is 0 Å². The third-order valence-electron chi connectivity index (χ3n) is 3.64. The SMILES string of the molecule is C=CC(=O)Nc1cccc(C(=O)NC(CCO)c2ccc(F)cc2F)c1. The highest BCUT2D eigenvalue weighted by Gasteiger charge is 2.19. The Labute approximate surface area is 149 Å². The predicted octanol–water partition coefficient (Wildman–Crippen LogP) is 2.94. The summed E-state index contributed by atoms with van der Waals surface area (Å²) in [6.07, 6.45) is 1.16. The van der Waals surface area contributed by atoms with Gasteiger partial charge in [0.1, 0.15) is 11.6 Å². The number of carbonyl (C=O) groups excluding carboxylic acids is 2. The molecule has 0 aliphatic carbocycles. The summed E-state index contributed by atoms with van der Waals surface area (Å²) < 4.78 is 27.1. The number of hydrogen-bond donors (Lipinski definition) is 3. The van der Waals surface area contributed by atoms with Gasteiger partial charge in [0.25, 0.3) is 5.91 Å². The zero-order chi connectivity index (χ0) is 19.1. The van der Waals surface area contributed by atoms with Gasteiger partial charge in [-0.25, -0.2) is 8.78 Å². The first-order valence-corrected chi connectivity index (χ1v) is 7.84. The molecule has 0 spiro atoms.